The van der Waals surface area contributed by atoms with Crippen molar-refractivity contribution in [2.45, 2.75) is 374 Å². The van der Waals surface area contributed by atoms with E-state index in [4.69, 9.17) is 14.2 Å². The normalized spacial score (nSPS) is 12.2. The van der Waals surface area contributed by atoms with Crippen molar-refractivity contribution in [3.05, 3.63) is 36.5 Å². The van der Waals surface area contributed by atoms with E-state index in [1.165, 1.54) is 257 Å². The Labute approximate surface area is 467 Å². The summed E-state index contributed by atoms with van der Waals surface area (Å²) in [7, 11) is 0. The van der Waals surface area contributed by atoms with Crippen LogP contribution >= 0.6 is 0 Å². The average molecular weight is 1050 g/mol. The highest BCUT2D eigenvalue weighted by molar-refractivity contribution is 5.71. The number of ether oxygens (including phenoxy) is 3. The standard InChI is InChI=1S/C69H128O6/c1-4-7-10-13-16-18-20-22-24-26-28-30-31-32-33-34-35-36-37-38-39-40-42-43-45-47-49-51-53-56-59-62-68(71)74-65-66(64-73-67(70)61-58-55-15-12-9-6-3)75-69(72)63-60-57-54-52-50-48-46-44-41-29-27-25-23-21-19-17-14-11-8-5-2/h20,22,26,28,31-32,66H,4-19,21,23-25,27,29-30,33-65H2,1-3H3/b22-20-,28-26-,32-31-. The lowest BCUT2D eigenvalue weighted by Crippen LogP contribution is -2.30. The second-order valence-corrected chi connectivity index (χ2v) is 22.7. The average Bonchev–Trinajstić information content (AvgIpc) is 3.41. The van der Waals surface area contributed by atoms with Crippen LogP contribution in [0.2, 0.25) is 0 Å². The highest BCUT2D eigenvalue weighted by Crippen LogP contribution is 2.18. The van der Waals surface area contributed by atoms with Crippen molar-refractivity contribution in [3.63, 3.8) is 0 Å². The van der Waals surface area contributed by atoms with Crippen molar-refractivity contribution in [1.29, 1.82) is 0 Å². The summed E-state index contributed by atoms with van der Waals surface area (Å²) in [6.45, 7) is 6.63. The molecule has 440 valence electrons. The molecule has 0 fully saturated rings. The minimum absolute atomic E-state index is 0.0665. The maximum absolute atomic E-state index is 12.8. The molecule has 6 heteroatoms. The summed E-state index contributed by atoms with van der Waals surface area (Å²) in [5.74, 6) is -0.852. The maximum Gasteiger partial charge on any atom is 0.306 e. The molecule has 1 atom stereocenters. The molecule has 0 radical (unpaired) electrons. The van der Waals surface area contributed by atoms with E-state index in [-0.39, 0.29) is 31.1 Å². The Hall–Kier alpha value is -2.37. The van der Waals surface area contributed by atoms with Gasteiger partial charge in [-0.1, -0.05) is 327 Å². The maximum atomic E-state index is 12.8. The Kier molecular flexibility index (Phi) is 62.1. The monoisotopic (exact) mass is 1050 g/mol. The van der Waals surface area contributed by atoms with Crippen LogP contribution in [0.1, 0.15) is 367 Å². The van der Waals surface area contributed by atoms with E-state index >= 15 is 0 Å². The first-order chi connectivity index (χ1) is 37.0. The van der Waals surface area contributed by atoms with Gasteiger partial charge in [-0.2, -0.15) is 0 Å². The molecular weight excluding hydrogens is 925 g/mol. The zero-order valence-corrected chi connectivity index (χ0v) is 50.6. The number of carbonyl (C=O) groups excluding carboxylic acids is 3. The minimum atomic E-state index is -0.765. The van der Waals surface area contributed by atoms with Crippen molar-refractivity contribution in [2.75, 3.05) is 13.2 Å². The second-order valence-electron chi connectivity index (χ2n) is 22.7. The molecule has 0 aromatic carbocycles. The predicted octanol–water partition coefficient (Wildman–Crippen LogP) is 22.8. The number of unbranched alkanes of at least 4 members (excludes halogenated alkanes) is 45. The van der Waals surface area contributed by atoms with E-state index < -0.39 is 6.10 Å². The largest absolute Gasteiger partial charge is 0.462 e. The number of allylic oxidation sites excluding steroid dienone is 6. The first-order valence-electron chi connectivity index (χ1n) is 33.5. The summed E-state index contributed by atoms with van der Waals surface area (Å²) in [4.78, 5) is 38.0. The van der Waals surface area contributed by atoms with Crippen LogP contribution in [0.4, 0.5) is 0 Å². The van der Waals surface area contributed by atoms with Gasteiger partial charge < -0.3 is 14.2 Å². The summed E-state index contributed by atoms with van der Waals surface area (Å²) in [5, 5.41) is 0. The summed E-state index contributed by atoms with van der Waals surface area (Å²) >= 11 is 0. The molecule has 0 saturated carbocycles. The molecule has 0 aliphatic rings. The topological polar surface area (TPSA) is 78.9 Å². The zero-order valence-electron chi connectivity index (χ0n) is 50.6. The first-order valence-corrected chi connectivity index (χ1v) is 33.5. The van der Waals surface area contributed by atoms with Crippen LogP contribution < -0.4 is 0 Å². The van der Waals surface area contributed by atoms with Crippen LogP contribution in [0.5, 0.6) is 0 Å². The molecule has 0 aliphatic carbocycles. The molecule has 0 bridgehead atoms. The summed E-state index contributed by atoms with van der Waals surface area (Å²) in [6.07, 6.45) is 79.2. The fraction of sp³-hybridized carbons (Fsp3) is 0.870. The van der Waals surface area contributed by atoms with Crippen LogP contribution in [0, 0.1) is 0 Å². The molecule has 75 heavy (non-hydrogen) atoms. The number of carbonyl (C=O) groups is 3. The lowest BCUT2D eigenvalue weighted by atomic mass is 10.0. The molecule has 6 nitrogen and oxygen atoms in total. The van der Waals surface area contributed by atoms with Crippen LogP contribution in [-0.2, 0) is 28.6 Å². The second kappa shape index (κ2) is 64.2. The predicted molar refractivity (Wildman–Crippen MR) is 326 cm³/mol. The molecule has 0 rings (SSSR count). The van der Waals surface area contributed by atoms with E-state index in [1.54, 1.807) is 0 Å². The van der Waals surface area contributed by atoms with Crippen molar-refractivity contribution in [1.82, 2.24) is 0 Å². The lowest BCUT2D eigenvalue weighted by Gasteiger charge is -2.18. The summed E-state index contributed by atoms with van der Waals surface area (Å²) in [5.41, 5.74) is 0. The van der Waals surface area contributed by atoms with Gasteiger partial charge in [0.25, 0.3) is 0 Å². The van der Waals surface area contributed by atoms with Gasteiger partial charge >= 0.3 is 17.9 Å². The van der Waals surface area contributed by atoms with Crippen LogP contribution in [0.3, 0.4) is 0 Å². The Bertz CT molecular complexity index is 1250. The Balaban J connectivity index is 3.98. The van der Waals surface area contributed by atoms with Gasteiger partial charge in [-0.25, -0.2) is 0 Å². The SMILES string of the molecule is CCCCCCC/C=C\C/C=C\C/C=C\CCCCCCCCCCCCCCCCCCC(=O)OCC(COC(=O)CCCCCCCC)OC(=O)CCCCCCCCCCCCCCCCCCCCCC. The molecule has 0 aliphatic heterocycles. The Morgan fingerprint density at radius 2 is 0.480 bits per heavy atom. The third-order valence-corrected chi connectivity index (χ3v) is 15.1. The van der Waals surface area contributed by atoms with Gasteiger partial charge in [0.05, 0.1) is 0 Å². The molecule has 0 amide bonds. The van der Waals surface area contributed by atoms with E-state index in [9.17, 15) is 14.4 Å². The van der Waals surface area contributed by atoms with Crippen LogP contribution in [0.15, 0.2) is 36.5 Å². The highest BCUT2D eigenvalue weighted by atomic mass is 16.6. The zero-order chi connectivity index (χ0) is 54.3. The molecule has 0 aromatic heterocycles. The number of rotatable bonds is 62. The fourth-order valence-electron chi connectivity index (χ4n) is 10.1. The van der Waals surface area contributed by atoms with Crippen molar-refractivity contribution < 1.29 is 28.6 Å². The quantitative estimate of drug-likeness (QED) is 0.0261. The van der Waals surface area contributed by atoms with Gasteiger partial charge in [-0.3, -0.25) is 14.4 Å². The third-order valence-electron chi connectivity index (χ3n) is 15.1. The molecular formula is C69H128O6. The van der Waals surface area contributed by atoms with Crippen molar-refractivity contribution in [3.8, 4) is 0 Å². The van der Waals surface area contributed by atoms with E-state index in [0.717, 1.165) is 70.6 Å². The number of esters is 3. The lowest BCUT2D eigenvalue weighted by molar-refractivity contribution is -0.167. The van der Waals surface area contributed by atoms with Crippen molar-refractivity contribution in [2.24, 2.45) is 0 Å². The molecule has 1 unspecified atom stereocenters. The Morgan fingerprint density at radius 3 is 0.747 bits per heavy atom. The van der Waals surface area contributed by atoms with E-state index in [1.807, 2.05) is 0 Å². The fourth-order valence-corrected chi connectivity index (χ4v) is 10.1. The van der Waals surface area contributed by atoms with Crippen LogP contribution in [0.25, 0.3) is 0 Å². The van der Waals surface area contributed by atoms with Gasteiger partial charge in [0, 0.05) is 19.3 Å². The highest BCUT2D eigenvalue weighted by Gasteiger charge is 2.19. The molecule has 0 N–H and O–H groups in total. The van der Waals surface area contributed by atoms with Gasteiger partial charge in [0.15, 0.2) is 6.10 Å². The number of hydrogen-bond acceptors (Lipinski definition) is 6. The summed E-state index contributed by atoms with van der Waals surface area (Å²) in [6, 6.07) is 0. The van der Waals surface area contributed by atoms with Gasteiger partial charge in [0.2, 0.25) is 0 Å². The molecule has 0 spiro atoms. The van der Waals surface area contributed by atoms with Gasteiger partial charge in [0.1, 0.15) is 13.2 Å². The Morgan fingerprint density at radius 1 is 0.267 bits per heavy atom. The molecule has 0 heterocycles. The summed E-state index contributed by atoms with van der Waals surface area (Å²) < 4.78 is 16.8. The smallest absolute Gasteiger partial charge is 0.306 e. The third kappa shape index (κ3) is 62.4. The van der Waals surface area contributed by atoms with E-state index in [0.29, 0.717) is 19.3 Å². The van der Waals surface area contributed by atoms with Crippen molar-refractivity contribution >= 4 is 17.9 Å². The van der Waals surface area contributed by atoms with Crippen LogP contribution in [-0.4, -0.2) is 37.2 Å². The number of hydrogen-bond donors (Lipinski definition) is 0. The minimum Gasteiger partial charge on any atom is -0.462 e. The molecule has 0 aromatic rings. The molecule has 0 saturated heterocycles. The first kappa shape index (κ1) is 72.6. The van der Waals surface area contributed by atoms with Gasteiger partial charge in [-0.15, -0.1) is 0 Å². The van der Waals surface area contributed by atoms with Gasteiger partial charge in [-0.05, 0) is 57.8 Å². The van der Waals surface area contributed by atoms with E-state index in [2.05, 4.69) is 57.2 Å².